The molecule has 1 aliphatic heterocycles. The summed E-state index contributed by atoms with van der Waals surface area (Å²) in [6.45, 7) is 1.71. The van der Waals surface area contributed by atoms with Crippen molar-refractivity contribution in [3.8, 4) is 11.1 Å². The zero-order valence-electron chi connectivity index (χ0n) is 14.1. The highest BCUT2D eigenvalue weighted by Crippen LogP contribution is 2.35. The lowest BCUT2D eigenvalue weighted by molar-refractivity contribution is -0.125. The number of aromatic amines is 1. The summed E-state index contributed by atoms with van der Waals surface area (Å²) >= 11 is 0. The molecule has 7 heteroatoms. The van der Waals surface area contributed by atoms with E-state index < -0.39 is 0 Å². The molecule has 0 aromatic carbocycles. The molecular weight excluding hydrogens is 316 g/mol. The van der Waals surface area contributed by atoms with E-state index in [9.17, 15) is 4.79 Å². The van der Waals surface area contributed by atoms with Crippen LogP contribution in [-0.4, -0.2) is 46.0 Å². The highest BCUT2D eigenvalue weighted by atomic mass is 16.1. The van der Waals surface area contributed by atoms with Crippen LogP contribution in [0.3, 0.4) is 0 Å². The lowest BCUT2D eigenvalue weighted by atomic mass is 9.95. The van der Waals surface area contributed by atoms with Crippen molar-refractivity contribution in [1.82, 2.24) is 25.3 Å². The van der Waals surface area contributed by atoms with Crippen LogP contribution in [0.5, 0.6) is 0 Å². The summed E-state index contributed by atoms with van der Waals surface area (Å²) < 4.78 is 0. The smallest absolute Gasteiger partial charge is 0.222 e. The van der Waals surface area contributed by atoms with Crippen molar-refractivity contribution in [3.05, 3.63) is 37.2 Å². The van der Waals surface area contributed by atoms with Crippen molar-refractivity contribution in [2.45, 2.75) is 12.8 Å². The fraction of sp³-hybridized carbons (Fsp3) is 0.333. The van der Waals surface area contributed by atoms with Gasteiger partial charge in [-0.15, -0.1) is 0 Å². The molecule has 0 bridgehead atoms. The number of fused-ring (bicyclic) bond motifs is 1. The number of carbonyl (C=O) groups excluding carboxylic acids is 1. The summed E-state index contributed by atoms with van der Waals surface area (Å²) in [7, 11) is 1.70. The number of nitrogens with one attached hydrogen (secondary N) is 2. The van der Waals surface area contributed by atoms with Gasteiger partial charge in [0.15, 0.2) is 0 Å². The van der Waals surface area contributed by atoms with E-state index in [-0.39, 0.29) is 11.8 Å². The van der Waals surface area contributed by atoms with Crippen LogP contribution in [0, 0.1) is 5.92 Å². The van der Waals surface area contributed by atoms with Gasteiger partial charge in [-0.3, -0.25) is 4.79 Å². The van der Waals surface area contributed by atoms with Crippen LogP contribution in [0.2, 0.25) is 0 Å². The molecule has 7 nitrogen and oxygen atoms in total. The lowest BCUT2D eigenvalue weighted by Crippen LogP contribution is -2.39. The molecule has 25 heavy (non-hydrogen) atoms. The highest BCUT2D eigenvalue weighted by Gasteiger charge is 2.26. The number of piperidine rings is 1. The molecule has 1 saturated heterocycles. The number of rotatable bonds is 3. The molecular formula is C18H20N6O. The van der Waals surface area contributed by atoms with E-state index in [0.717, 1.165) is 53.8 Å². The Balaban J connectivity index is 1.69. The number of hydrogen-bond acceptors (Lipinski definition) is 5. The summed E-state index contributed by atoms with van der Waals surface area (Å²) in [5.41, 5.74) is 4.00. The minimum atomic E-state index is 0.104. The van der Waals surface area contributed by atoms with E-state index in [4.69, 9.17) is 0 Å². The average Bonchev–Trinajstić information content (AvgIpc) is 3.12. The number of nitrogens with zero attached hydrogens (tertiary/aromatic N) is 4. The predicted octanol–water partition coefficient (Wildman–Crippen LogP) is 1.98. The first-order chi connectivity index (χ1) is 12.3. The zero-order valence-corrected chi connectivity index (χ0v) is 14.1. The van der Waals surface area contributed by atoms with Gasteiger partial charge in [0, 0.05) is 73.0 Å². The van der Waals surface area contributed by atoms with Crippen molar-refractivity contribution in [1.29, 1.82) is 0 Å². The van der Waals surface area contributed by atoms with Crippen molar-refractivity contribution in [2.24, 2.45) is 5.92 Å². The Morgan fingerprint density at radius 1 is 1.28 bits per heavy atom. The number of anilines is 1. The third-order valence-corrected chi connectivity index (χ3v) is 4.88. The fourth-order valence-electron chi connectivity index (χ4n) is 3.56. The third kappa shape index (κ3) is 2.82. The van der Waals surface area contributed by atoms with Crippen LogP contribution < -0.4 is 10.2 Å². The maximum absolute atomic E-state index is 11.9. The summed E-state index contributed by atoms with van der Waals surface area (Å²) in [5.74, 6) is 0.245. The number of carbonyl (C=O) groups is 1. The number of H-pyrrole nitrogens is 1. The second-order valence-electron chi connectivity index (χ2n) is 6.26. The predicted molar refractivity (Wildman–Crippen MR) is 96.1 cm³/mol. The quantitative estimate of drug-likeness (QED) is 0.764. The first kappa shape index (κ1) is 15.6. The molecule has 0 radical (unpaired) electrons. The lowest BCUT2D eigenvalue weighted by Gasteiger charge is -2.33. The zero-order chi connectivity index (χ0) is 17.2. The van der Waals surface area contributed by atoms with Gasteiger partial charge in [0.05, 0.1) is 0 Å². The molecule has 0 atom stereocenters. The number of hydrogen-bond donors (Lipinski definition) is 2. The first-order valence-electron chi connectivity index (χ1n) is 8.46. The molecule has 0 unspecified atom stereocenters. The number of pyridine rings is 1. The maximum Gasteiger partial charge on any atom is 0.222 e. The van der Waals surface area contributed by atoms with E-state index in [1.807, 2.05) is 30.9 Å². The summed E-state index contributed by atoms with van der Waals surface area (Å²) in [6, 6.07) is 2.05. The van der Waals surface area contributed by atoms with Gasteiger partial charge in [0.1, 0.15) is 12.0 Å². The first-order valence-corrected chi connectivity index (χ1v) is 8.46. The minimum Gasteiger partial charge on any atom is -0.371 e. The van der Waals surface area contributed by atoms with E-state index in [1.165, 1.54) is 6.33 Å². The van der Waals surface area contributed by atoms with E-state index in [2.05, 4.69) is 30.2 Å². The second kappa shape index (κ2) is 6.51. The van der Waals surface area contributed by atoms with Gasteiger partial charge in [-0.1, -0.05) is 0 Å². The number of amides is 1. The van der Waals surface area contributed by atoms with E-state index in [1.54, 1.807) is 7.05 Å². The Labute approximate surface area is 145 Å². The molecule has 1 aliphatic rings. The Hall–Kier alpha value is -2.96. The topological polar surface area (TPSA) is 86.8 Å². The molecule has 1 amide bonds. The van der Waals surface area contributed by atoms with Crippen LogP contribution in [0.4, 0.5) is 5.69 Å². The Kier molecular flexibility index (Phi) is 4.05. The molecule has 4 heterocycles. The van der Waals surface area contributed by atoms with Gasteiger partial charge in [-0.25, -0.2) is 15.0 Å². The molecule has 0 aliphatic carbocycles. The third-order valence-electron chi connectivity index (χ3n) is 4.88. The second-order valence-corrected chi connectivity index (χ2v) is 6.26. The van der Waals surface area contributed by atoms with Crippen LogP contribution in [0.15, 0.2) is 37.2 Å². The molecule has 128 valence electrons. The van der Waals surface area contributed by atoms with Gasteiger partial charge in [-0.05, 0) is 18.9 Å². The molecule has 0 spiro atoms. The van der Waals surface area contributed by atoms with Crippen molar-refractivity contribution in [2.75, 3.05) is 25.0 Å². The van der Waals surface area contributed by atoms with Crippen molar-refractivity contribution in [3.63, 3.8) is 0 Å². The molecule has 3 aromatic heterocycles. The van der Waals surface area contributed by atoms with Gasteiger partial charge in [0.25, 0.3) is 0 Å². The van der Waals surface area contributed by atoms with Gasteiger partial charge in [0.2, 0.25) is 5.91 Å². The van der Waals surface area contributed by atoms with Gasteiger partial charge in [-0.2, -0.15) is 0 Å². The normalized spacial score (nSPS) is 15.5. The standard InChI is InChI=1S/C18H20N6O/c1-19-18(25)12-3-6-24(7-4-12)15-2-5-22-17-16(15)14(10-23-17)13-8-20-11-21-9-13/h2,5,8-12H,3-4,6-7H2,1H3,(H,19,25)(H,22,23). The van der Waals surface area contributed by atoms with Gasteiger partial charge >= 0.3 is 0 Å². The average molecular weight is 336 g/mol. The summed E-state index contributed by atoms with van der Waals surface area (Å²) in [4.78, 5) is 30.1. The molecule has 0 saturated carbocycles. The minimum absolute atomic E-state index is 0.104. The SMILES string of the molecule is CNC(=O)C1CCN(c2ccnc3[nH]cc(-c4cncnc4)c23)CC1. The molecule has 2 N–H and O–H groups in total. The Morgan fingerprint density at radius 3 is 2.76 bits per heavy atom. The van der Waals surface area contributed by atoms with Crippen molar-refractivity contribution >= 4 is 22.6 Å². The fourth-order valence-corrected chi connectivity index (χ4v) is 3.56. The highest BCUT2D eigenvalue weighted by molar-refractivity contribution is 6.02. The van der Waals surface area contributed by atoms with E-state index >= 15 is 0 Å². The van der Waals surface area contributed by atoms with Crippen LogP contribution in [-0.2, 0) is 4.79 Å². The van der Waals surface area contributed by atoms with Crippen molar-refractivity contribution < 1.29 is 4.79 Å². The molecule has 3 aromatic rings. The largest absolute Gasteiger partial charge is 0.371 e. The Bertz CT molecular complexity index is 883. The van der Waals surface area contributed by atoms with Crippen LogP contribution in [0.25, 0.3) is 22.2 Å². The monoisotopic (exact) mass is 336 g/mol. The summed E-state index contributed by atoms with van der Waals surface area (Å²) in [6.07, 6.45) is 10.6. The van der Waals surface area contributed by atoms with Gasteiger partial charge < -0.3 is 15.2 Å². The number of aromatic nitrogens is 4. The Morgan fingerprint density at radius 2 is 2.04 bits per heavy atom. The van der Waals surface area contributed by atoms with E-state index in [0.29, 0.717) is 0 Å². The summed E-state index contributed by atoms with van der Waals surface area (Å²) in [5, 5.41) is 3.84. The van der Waals surface area contributed by atoms with Crippen LogP contribution >= 0.6 is 0 Å². The molecule has 4 rings (SSSR count). The van der Waals surface area contributed by atoms with Crippen LogP contribution in [0.1, 0.15) is 12.8 Å². The molecule has 1 fully saturated rings. The maximum atomic E-state index is 11.9.